The number of hydrogen-bond donors (Lipinski definition) is 0. The fraction of sp³-hybridized carbons (Fsp3) is 0.400. The summed E-state index contributed by atoms with van der Waals surface area (Å²) in [6.45, 7) is 3.46. The van der Waals surface area contributed by atoms with Gasteiger partial charge in [-0.05, 0) is 32.0 Å². The molecule has 0 bridgehead atoms. The van der Waals surface area contributed by atoms with Crippen LogP contribution in [-0.2, 0) is 10.0 Å². The van der Waals surface area contributed by atoms with E-state index < -0.39 is 15.8 Å². The Bertz CT molecular complexity index is 488. The van der Waals surface area contributed by atoms with E-state index in [9.17, 15) is 12.8 Å². The maximum absolute atomic E-state index is 13.5. The third-order valence-corrected chi connectivity index (χ3v) is 4.84. The van der Waals surface area contributed by atoms with Crippen LogP contribution in [0.4, 0.5) is 4.39 Å². The maximum Gasteiger partial charge on any atom is 0.245 e. The van der Waals surface area contributed by atoms with Gasteiger partial charge >= 0.3 is 0 Å². The molecule has 0 aliphatic rings. The van der Waals surface area contributed by atoms with Gasteiger partial charge < -0.3 is 0 Å². The fourth-order valence-corrected chi connectivity index (χ4v) is 2.86. The predicted octanol–water partition coefficient (Wildman–Crippen LogP) is 2.62. The molecule has 0 saturated heterocycles. The van der Waals surface area contributed by atoms with Gasteiger partial charge in [0, 0.05) is 17.6 Å². The minimum atomic E-state index is -3.75. The monoisotopic (exact) mass is 309 g/mol. The van der Waals surface area contributed by atoms with E-state index in [0.717, 1.165) is 10.4 Å². The van der Waals surface area contributed by atoms with E-state index in [1.807, 2.05) is 0 Å². The van der Waals surface area contributed by atoms with Gasteiger partial charge in [-0.3, -0.25) is 0 Å². The molecule has 0 aliphatic carbocycles. The van der Waals surface area contributed by atoms with Gasteiger partial charge in [0.25, 0.3) is 0 Å². The van der Waals surface area contributed by atoms with Gasteiger partial charge in [-0.1, -0.05) is 15.9 Å². The highest BCUT2D eigenvalue weighted by Crippen LogP contribution is 2.22. The van der Waals surface area contributed by atoms with Gasteiger partial charge in [0.05, 0.1) is 0 Å². The lowest BCUT2D eigenvalue weighted by Crippen LogP contribution is -2.33. The number of nitrogens with zero attached hydrogens (tertiary/aromatic N) is 1. The third kappa shape index (κ3) is 2.61. The Morgan fingerprint density at radius 2 is 1.94 bits per heavy atom. The minimum absolute atomic E-state index is 0.215. The van der Waals surface area contributed by atoms with E-state index in [1.54, 1.807) is 13.8 Å². The zero-order valence-electron chi connectivity index (χ0n) is 9.24. The van der Waals surface area contributed by atoms with Gasteiger partial charge in [0.15, 0.2) is 0 Å². The van der Waals surface area contributed by atoms with Crippen molar-refractivity contribution in [1.29, 1.82) is 0 Å². The Kier molecular flexibility index (Phi) is 4.09. The average Bonchev–Trinajstić information content (AvgIpc) is 2.15. The zero-order chi connectivity index (χ0) is 12.5. The highest BCUT2D eigenvalue weighted by atomic mass is 79.9. The molecule has 90 valence electrons. The Balaban J connectivity index is 3.28. The van der Waals surface area contributed by atoms with E-state index in [4.69, 9.17) is 0 Å². The van der Waals surface area contributed by atoms with Gasteiger partial charge in [0.1, 0.15) is 10.7 Å². The van der Waals surface area contributed by atoms with Crippen molar-refractivity contribution in [2.75, 3.05) is 7.05 Å². The summed E-state index contributed by atoms with van der Waals surface area (Å²) < 4.78 is 39.1. The van der Waals surface area contributed by atoms with Crippen LogP contribution in [0.15, 0.2) is 27.6 Å². The number of sulfonamides is 1. The van der Waals surface area contributed by atoms with Crippen molar-refractivity contribution in [3.05, 3.63) is 28.5 Å². The topological polar surface area (TPSA) is 37.4 Å². The molecule has 6 heteroatoms. The molecule has 0 atom stereocenters. The van der Waals surface area contributed by atoms with E-state index in [1.165, 1.54) is 19.2 Å². The van der Waals surface area contributed by atoms with Gasteiger partial charge in [-0.25, -0.2) is 12.8 Å². The molecule has 0 spiro atoms. The van der Waals surface area contributed by atoms with Crippen LogP contribution >= 0.6 is 15.9 Å². The summed E-state index contributed by atoms with van der Waals surface area (Å²) in [5.41, 5.74) is 0. The second-order valence-electron chi connectivity index (χ2n) is 3.69. The molecule has 16 heavy (non-hydrogen) atoms. The molecular weight excluding hydrogens is 297 g/mol. The normalized spacial score (nSPS) is 12.4. The zero-order valence-corrected chi connectivity index (χ0v) is 11.6. The molecule has 0 aromatic heterocycles. The van der Waals surface area contributed by atoms with E-state index in [2.05, 4.69) is 15.9 Å². The van der Waals surface area contributed by atoms with Crippen molar-refractivity contribution in [2.24, 2.45) is 0 Å². The molecule has 3 nitrogen and oxygen atoms in total. The first-order chi connectivity index (χ1) is 7.26. The molecule has 0 heterocycles. The average molecular weight is 310 g/mol. The number of benzene rings is 1. The van der Waals surface area contributed by atoms with Crippen molar-refractivity contribution >= 4 is 26.0 Å². The van der Waals surface area contributed by atoms with Gasteiger partial charge in [0.2, 0.25) is 10.0 Å². The SMILES string of the molecule is CC(C)N(C)S(=O)(=O)c1ccc(Br)cc1F. The minimum Gasteiger partial charge on any atom is -0.207 e. The summed E-state index contributed by atoms with van der Waals surface area (Å²) in [6, 6.07) is 3.69. The van der Waals surface area contributed by atoms with E-state index in [0.29, 0.717) is 4.47 Å². The maximum atomic E-state index is 13.5. The first-order valence-corrected chi connectivity index (χ1v) is 6.93. The van der Waals surface area contributed by atoms with Crippen molar-refractivity contribution in [3.8, 4) is 0 Å². The van der Waals surface area contributed by atoms with Crippen molar-refractivity contribution in [1.82, 2.24) is 4.31 Å². The summed E-state index contributed by atoms with van der Waals surface area (Å²) in [4.78, 5) is -0.299. The molecular formula is C10H13BrFNO2S. The third-order valence-electron chi connectivity index (χ3n) is 2.28. The number of halogens is 2. The van der Waals surface area contributed by atoms with Gasteiger partial charge in [-0.15, -0.1) is 0 Å². The van der Waals surface area contributed by atoms with Crippen molar-refractivity contribution in [3.63, 3.8) is 0 Å². The molecule has 0 N–H and O–H groups in total. The largest absolute Gasteiger partial charge is 0.245 e. The van der Waals surface area contributed by atoms with Crippen LogP contribution in [-0.4, -0.2) is 25.8 Å². The Hall–Kier alpha value is -0.460. The van der Waals surface area contributed by atoms with Crippen LogP contribution in [0.2, 0.25) is 0 Å². The lowest BCUT2D eigenvalue weighted by molar-refractivity contribution is 0.407. The van der Waals surface area contributed by atoms with E-state index >= 15 is 0 Å². The Labute approximate surface area is 103 Å². The van der Waals surface area contributed by atoms with Crippen LogP contribution < -0.4 is 0 Å². The predicted molar refractivity (Wildman–Crippen MR) is 64.2 cm³/mol. The standard InChI is InChI=1S/C10H13BrFNO2S/c1-7(2)13(3)16(14,15)10-5-4-8(11)6-9(10)12/h4-7H,1-3H3. The van der Waals surface area contributed by atoms with Crippen LogP contribution in [0.25, 0.3) is 0 Å². The number of rotatable bonds is 3. The summed E-state index contributed by atoms with van der Waals surface area (Å²) >= 11 is 3.08. The second kappa shape index (κ2) is 4.81. The molecule has 0 unspecified atom stereocenters. The summed E-state index contributed by atoms with van der Waals surface area (Å²) in [6.07, 6.45) is 0. The lowest BCUT2D eigenvalue weighted by Gasteiger charge is -2.21. The second-order valence-corrected chi connectivity index (χ2v) is 6.57. The number of hydrogen-bond acceptors (Lipinski definition) is 2. The van der Waals surface area contributed by atoms with Crippen LogP contribution in [0, 0.1) is 5.82 Å². The van der Waals surface area contributed by atoms with Crippen LogP contribution in [0.3, 0.4) is 0 Å². The molecule has 0 radical (unpaired) electrons. The molecule has 0 saturated carbocycles. The molecule has 1 aromatic rings. The molecule has 0 amide bonds. The quantitative estimate of drug-likeness (QED) is 0.860. The smallest absolute Gasteiger partial charge is 0.207 e. The lowest BCUT2D eigenvalue weighted by atomic mass is 10.3. The van der Waals surface area contributed by atoms with Crippen LogP contribution in [0.1, 0.15) is 13.8 Å². The van der Waals surface area contributed by atoms with Gasteiger partial charge in [-0.2, -0.15) is 4.31 Å². The molecule has 1 rings (SSSR count). The summed E-state index contributed by atoms with van der Waals surface area (Å²) in [7, 11) is -2.32. The van der Waals surface area contributed by atoms with Crippen molar-refractivity contribution < 1.29 is 12.8 Å². The Morgan fingerprint density at radius 3 is 2.38 bits per heavy atom. The Morgan fingerprint density at radius 1 is 1.38 bits per heavy atom. The molecule has 0 fully saturated rings. The van der Waals surface area contributed by atoms with E-state index in [-0.39, 0.29) is 10.9 Å². The summed E-state index contributed by atoms with van der Waals surface area (Å²) in [5.74, 6) is -0.748. The first-order valence-electron chi connectivity index (χ1n) is 4.70. The van der Waals surface area contributed by atoms with Crippen LogP contribution in [0.5, 0.6) is 0 Å². The molecule has 0 aliphatic heterocycles. The highest BCUT2D eigenvalue weighted by Gasteiger charge is 2.26. The molecule has 1 aromatic carbocycles. The first kappa shape index (κ1) is 13.6. The summed E-state index contributed by atoms with van der Waals surface area (Å²) in [5, 5.41) is 0. The highest BCUT2D eigenvalue weighted by molar-refractivity contribution is 9.10. The van der Waals surface area contributed by atoms with Crippen molar-refractivity contribution in [2.45, 2.75) is 24.8 Å². The fourth-order valence-electron chi connectivity index (χ4n) is 1.12.